The first-order valence-electron chi connectivity index (χ1n) is 11.0. The van der Waals surface area contributed by atoms with Crippen LogP contribution in [0.15, 0.2) is 4.99 Å². The van der Waals surface area contributed by atoms with Crippen LogP contribution in [0.3, 0.4) is 0 Å². The molecule has 8 nitrogen and oxygen atoms in total. The number of carbonyl (C=O) groups excluding carboxylic acids is 1. The van der Waals surface area contributed by atoms with Crippen molar-refractivity contribution in [2.45, 2.75) is 78.6 Å². The molecule has 0 saturated carbocycles. The zero-order valence-electron chi connectivity index (χ0n) is 20.7. The Labute approximate surface area is 206 Å². The van der Waals surface area contributed by atoms with E-state index >= 15 is 0 Å². The molecule has 1 aliphatic heterocycles. The molecule has 1 fully saturated rings. The fourth-order valence-electron chi connectivity index (χ4n) is 3.32. The van der Waals surface area contributed by atoms with Crippen LogP contribution in [0.5, 0.6) is 0 Å². The summed E-state index contributed by atoms with van der Waals surface area (Å²) in [5.74, 6) is 0.918. The Kier molecular flexibility index (Phi) is 14.0. The van der Waals surface area contributed by atoms with E-state index in [9.17, 15) is 4.79 Å². The number of rotatable bonds is 8. The number of carbonyl (C=O) groups is 1. The zero-order valence-corrected chi connectivity index (χ0v) is 23.1. The van der Waals surface area contributed by atoms with E-state index in [1.165, 1.54) is 0 Å². The molecule has 1 saturated heterocycles. The number of methoxy groups -OCH3 is 1. The maximum atomic E-state index is 11.6. The number of alkyl carbamates (subject to hydrolysis) is 1. The Morgan fingerprint density at radius 2 is 1.74 bits per heavy atom. The summed E-state index contributed by atoms with van der Waals surface area (Å²) >= 11 is 0. The van der Waals surface area contributed by atoms with Gasteiger partial charge in [-0.3, -0.25) is 4.99 Å². The van der Waals surface area contributed by atoms with E-state index in [0.29, 0.717) is 13.2 Å². The van der Waals surface area contributed by atoms with Gasteiger partial charge in [0.05, 0.1) is 12.2 Å². The average molecular weight is 557 g/mol. The lowest BCUT2D eigenvalue weighted by molar-refractivity contribution is 0.0138. The van der Waals surface area contributed by atoms with Gasteiger partial charge in [0, 0.05) is 46.9 Å². The lowest BCUT2D eigenvalue weighted by Gasteiger charge is -2.36. The molecule has 31 heavy (non-hydrogen) atoms. The van der Waals surface area contributed by atoms with Gasteiger partial charge in [-0.1, -0.05) is 20.8 Å². The van der Waals surface area contributed by atoms with E-state index in [4.69, 9.17) is 14.2 Å². The van der Waals surface area contributed by atoms with E-state index in [-0.39, 0.29) is 47.7 Å². The van der Waals surface area contributed by atoms with Gasteiger partial charge in [0.15, 0.2) is 5.96 Å². The third-order valence-corrected chi connectivity index (χ3v) is 4.99. The van der Waals surface area contributed by atoms with Gasteiger partial charge < -0.3 is 29.7 Å². The first-order valence-corrected chi connectivity index (χ1v) is 11.0. The first kappa shape index (κ1) is 30.2. The van der Waals surface area contributed by atoms with Crippen LogP contribution in [0.25, 0.3) is 0 Å². The van der Waals surface area contributed by atoms with Crippen LogP contribution in [-0.4, -0.2) is 81.7 Å². The molecule has 184 valence electrons. The Morgan fingerprint density at radius 1 is 1.13 bits per heavy atom. The maximum Gasteiger partial charge on any atom is 0.407 e. The van der Waals surface area contributed by atoms with E-state index in [0.717, 1.165) is 44.9 Å². The molecule has 1 heterocycles. The lowest BCUT2D eigenvalue weighted by atomic mass is 9.89. The summed E-state index contributed by atoms with van der Waals surface area (Å²) in [4.78, 5) is 18.3. The number of ether oxygens (including phenoxy) is 3. The van der Waals surface area contributed by atoms with Crippen molar-refractivity contribution < 1.29 is 19.0 Å². The Morgan fingerprint density at radius 3 is 2.23 bits per heavy atom. The van der Waals surface area contributed by atoms with Crippen LogP contribution in [0, 0.1) is 5.41 Å². The van der Waals surface area contributed by atoms with Gasteiger partial charge in [-0.05, 0) is 45.4 Å². The van der Waals surface area contributed by atoms with Crippen molar-refractivity contribution >= 4 is 36.0 Å². The molecule has 0 bridgehead atoms. The van der Waals surface area contributed by atoms with Gasteiger partial charge in [0.25, 0.3) is 0 Å². The highest BCUT2D eigenvalue weighted by Gasteiger charge is 2.26. The van der Waals surface area contributed by atoms with Crippen molar-refractivity contribution in [1.82, 2.24) is 15.5 Å². The van der Waals surface area contributed by atoms with E-state index in [1.807, 2.05) is 27.8 Å². The fraction of sp³-hybridized carbons (Fsp3) is 0.909. The van der Waals surface area contributed by atoms with Crippen LogP contribution in [-0.2, 0) is 14.2 Å². The van der Waals surface area contributed by atoms with Gasteiger partial charge in [-0.25, -0.2) is 4.79 Å². The minimum atomic E-state index is -0.471. The molecular formula is C22H45IN4O4. The van der Waals surface area contributed by atoms with Crippen LogP contribution in [0.4, 0.5) is 4.79 Å². The number of nitrogens with one attached hydrogen (secondary N) is 2. The van der Waals surface area contributed by atoms with E-state index in [2.05, 4.69) is 41.3 Å². The first-order chi connectivity index (χ1) is 14.0. The molecule has 1 unspecified atom stereocenters. The summed E-state index contributed by atoms with van der Waals surface area (Å²) in [7, 11) is 3.58. The van der Waals surface area contributed by atoms with Gasteiger partial charge in [-0.2, -0.15) is 0 Å². The second kappa shape index (κ2) is 14.4. The number of guanidine groups is 1. The smallest absolute Gasteiger partial charge is 0.407 e. The second-order valence-corrected chi connectivity index (χ2v) is 9.86. The molecule has 2 N–H and O–H groups in total. The summed E-state index contributed by atoms with van der Waals surface area (Å²) in [5, 5.41) is 6.22. The monoisotopic (exact) mass is 556 g/mol. The highest BCUT2D eigenvalue weighted by Crippen LogP contribution is 2.21. The van der Waals surface area contributed by atoms with Gasteiger partial charge >= 0.3 is 6.09 Å². The fourth-order valence-corrected chi connectivity index (χ4v) is 3.32. The van der Waals surface area contributed by atoms with Crippen molar-refractivity contribution in [3.05, 3.63) is 0 Å². The van der Waals surface area contributed by atoms with Crippen molar-refractivity contribution in [2.75, 3.05) is 46.9 Å². The SMILES string of the molecule is CN=C(NCC(OC)C(C)(C)C)N1CCC(OCCCNC(=O)OC(C)(C)C)CC1.I. The minimum Gasteiger partial charge on any atom is -0.444 e. The Hall–Kier alpha value is -0.810. The van der Waals surface area contributed by atoms with Crippen LogP contribution in [0.2, 0.25) is 0 Å². The second-order valence-electron chi connectivity index (χ2n) is 9.86. The van der Waals surface area contributed by atoms with Crippen molar-refractivity contribution in [2.24, 2.45) is 10.4 Å². The van der Waals surface area contributed by atoms with Crippen LogP contribution in [0.1, 0.15) is 60.8 Å². The zero-order chi connectivity index (χ0) is 22.8. The minimum absolute atomic E-state index is 0. The third kappa shape index (κ3) is 12.7. The number of hydrogen-bond acceptors (Lipinski definition) is 5. The molecule has 1 rings (SSSR count). The molecule has 1 aliphatic rings. The molecule has 9 heteroatoms. The van der Waals surface area contributed by atoms with Gasteiger partial charge in [-0.15, -0.1) is 24.0 Å². The van der Waals surface area contributed by atoms with Crippen LogP contribution < -0.4 is 10.6 Å². The van der Waals surface area contributed by atoms with Gasteiger partial charge in [0.1, 0.15) is 5.60 Å². The Bertz CT molecular complexity index is 539. The number of hydrogen-bond donors (Lipinski definition) is 2. The molecule has 0 aliphatic carbocycles. The molecule has 1 amide bonds. The highest BCUT2D eigenvalue weighted by atomic mass is 127. The summed E-state index contributed by atoms with van der Waals surface area (Å²) in [6, 6.07) is 0. The molecule has 1 atom stereocenters. The normalized spacial score (nSPS) is 17.0. The summed E-state index contributed by atoms with van der Waals surface area (Å²) < 4.78 is 16.8. The standard InChI is InChI=1S/C22H44N4O4.HI/c1-21(2,3)18(28-8)16-25-19(23-7)26-13-10-17(11-14-26)29-15-9-12-24-20(27)30-22(4,5)6;/h17-18H,9-16H2,1-8H3,(H,23,25)(H,24,27);1H. The quantitative estimate of drug-likeness (QED) is 0.206. The maximum absolute atomic E-state index is 11.6. The third-order valence-electron chi connectivity index (χ3n) is 4.99. The molecule has 0 aromatic heterocycles. The molecule has 0 spiro atoms. The van der Waals surface area contributed by atoms with Crippen molar-refractivity contribution in [1.29, 1.82) is 0 Å². The largest absolute Gasteiger partial charge is 0.444 e. The topological polar surface area (TPSA) is 84.4 Å². The van der Waals surface area contributed by atoms with E-state index in [1.54, 1.807) is 7.11 Å². The van der Waals surface area contributed by atoms with Crippen molar-refractivity contribution in [3.8, 4) is 0 Å². The number of piperidine rings is 1. The number of amides is 1. The van der Waals surface area contributed by atoms with Crippen molar-refractivity contribution in [3.63, 3.8) is 0 Å². The van der Waals surface area contributed by atoms with Crippen LogP contribution >= 0.6 is 24.0 Å². The van der Waals surface area contributed by atoms with Gasteiger partial charge in [0.2, 0.25) is 0 Å². The summed E-state index contributed by atoms with van der Waals surface area (Å²) in [6.07, 6.45) is 2.69. The Balaban J connectivity index is 0.00000900. The lowest BCUT2D eigenvalue weighted by Crippen LogP contribution is -2.50. The molecule has 0 aromatic rings. The predicted molar refractivity (Wildman–Crippen MR) is 136 cm³/mol. The molecule has 0 aromatic carbocycles. The summed E-state index contributed by atoms with van der Waals surface area (Å²) in [5.41, 5.74) is -0.402. The number of halogens is 1. The number of aliphatic imine (C=N–C) groups is 1. The average Bonchev–Trinajstić information content (AvgIpc) is 2.63. The molecular weight excluding hydrogens is 511 g/mol. The number of nitrogens with zero attached hydrogens (tertiary/aromatic N) is 2. The van der Waals surface area contributed by atoms with E-state index < -0.39 is 5.60 Å². The molecule has 0 radical (unpaired) electrons. The number of likely N-dealkylation sites (tertiary alicyclic amines) is 1. The summed E-state index contributed by atoms with van der Waals surface area (Å²) in [6.45, 7) is 15.8. The predicted octanol–water partition coefficient (Wildman–Crippen LogP) is 3.64. The highest BCUT2D eigenvalue weighted by molar-refractivity contribution is 14.0.